The molecule has 0 aliphatic carbocycles. The number of carbonyl (C=O) groups excluding carboxylic acids is 1. The van der Waals surface area contributed by atoms with Gasteiger partial charge in [0.25, 0.3) is 5.91 Å². The van der Waals surface area contributed by atoms with Crippen molar-refractivity contribution in [3.63, 3.8) is 0 Å². The highest BCUT2D eigenvalue weighted by Gasteiger charge is 2.24. The molecule has 0 radical (unpaired) electrons. The largest absolute Gasteiger partial charge is 0.497 e. The number of methoxy groups -OCH3 is 1. The molecule has 1 atom stereocenters. The Morgan fingerprint density at radius 1 is 1.29 bits per heavy atom. The summed E-state index contributed by atoms with van der Waals surface area (Å²) in [6.45, 7) is 1.67. The number of rotatable bonds is 5. The maximum atomic E-state index is 12.5. The lowest BCUT2D eigenvalue weighted by Gasteiger charge is -2.32. The summed E-state index contributed by atoms with van der Waals surface area (Å²) in [5.41, 5.74) is 1.84. The quantitative estimate of drug-likeness (QED) is 0.844. The van der Waals surface area contributed by atoms with Crippen molar-refractivity contribution in [3.8, 4) is 5.75 Å². The summed E-state index contributed by atoms with van der Waals surface area (Å²) in [5, 5.41) is 0. The maximum absolute atomic E-state index is 12.5. The van der Waals surface area contributed by atoms with E-state index < -0.39 is 0 Å². The molecule has 4 heteroatoms. The Kier molecular flexibility index (Phi) is 5.47. The fourth-order valence-corrected chi connectivity index (χ4v) is 3.34. The molecule has 2 heterocycles. The number of pyridine rings is 1. The van der Waals surface area contributed by atoms with Gasteiger partial charge in [-0.3, -0.25) is 9.78 Å². The highest BCUT2D eigenvalue weighted by Crippen LogP contribution is 2.23. The highest BCUT2D eigenvalue weighted by atomic mass is 16.5. The van der Waals surface area contributed by atoms with Gasteiger partial charge in [-0.15, -0.1) is 0 Å². The number of piperidine rings is 1. The van der Waals surface area contributed by atoms with Gasteiger partial charge in [0.15, 0.2) is 0 Å². The van der Waals surface area contributed by atoms with Crippen molar-refractivity contribution in [1.29, 1.82) is 0 Å². The van der Waals surface area contributed by atoms with E-state index in [0.717, 1.165) is 38.1 Å². The molecule has 3 rings (SSSR count). The predicted molar refractivity (Wildman–Crippen MR) is 94.2 cm³/mol. The Balaban J connectivity index is 1.56. The molecule has 1 aliphatic rings. The number of aromatic nitrogens is 1. The smallest absolute Gasteiger partial charge is 0.272 e. The summed E-state index contributed by atoms with van der Waals surface area (Å²) >= 11 is 0. The maximum Gasteiger partial charge on any atom is 0.272 e. The van der Waals surface area contributed by atoms with E-state index in [1.54, 1.807) is 19.4 Å². The minimum Gasteiger partial charge on any atom is -0.497 e. The molecule has 0 bridgehead atoms. The normalized spacial score (nSPS) is 17.5. The van der Waals surface area contributed by atoms with Crippen LogP contribution in [-0.4, -0.2) is 36.0 Å². The first-order valence-corrected chi connectivity index (χ1v) is 8.59. The molecule has 0 spiro atoms. The first-order valence-electron chi connectivity index (χ1n) is 8.59. The molecule has 1 aromatic heterocycles. The number of benzene rings is 1. The van der Waals surface area contributed by atoms with Gasteiger partial charge in [-0.1, -0.05) is 18.2 Å². The zero-order chi connectivity index (χ0) is 16.8. The SMILES string of the molecule is COc1cccc(CC[C@H]2CCCN(C(=O)c3ccccn3)C2)c1. The second-order valence-corrected chi connectivity index (χ2v) is 6.36. The van der Waals surface area contributed by atoms with Gasteiger partial charge in [-0.25, -0.2) is 0 Å². The average molecular weight is 324 g/mol. The molecule has 2 aromatic rings. The van der Waals surface area contributed by atoms with Crippen LogP contribution in [-0.2, 0) is 6.42 Å². The van der Waals surface area contributed by atoms with E-state index in [2.05, 4.69) is 17.1 Å². The number of hydrogen-bond acceptors (Lipinski definition) is 3. The summed E-state index contributed by atoms with van der Waals surface area (Å²) in [4.78, 5) is 18.7. The van der Waals surface area contributed by atoms with Gasteiger partial charge in [-0.05, 0) is 61.4 Å². The lowest BCUT2D eigenvalue weighted by Crippen LogP contribution is -2.40. The fraction of sp³-hybridized carbons (Fsp3) is 0.400. The van der Waals surface area contributed by atoms with Crippen molar-refractivity contribution >= 4 is 5.91 Å². The van der Waals surface area contributed by atoms with Gasteiger partial charge >= 0.3 is 0 Å². The zero-order valence-corrected chi connectivity index (χ0v) is 14.1. The molecule has 1 saturated heterocycles. The molecular formula is C20H24N2O2. The molecular weight excluding hydrogens is 300 g/mol. The number of likely N-dealkylation sites (tertiary alicyclic amines) is 1. The number of carbonyl (C=O) groups is 1. The second-order valence-electron chi connectivity index (χ2n) is 6.36. The summed E-state index contributed by atoms with van der Waals surface area (Å²) in [5.74, 6) is 1.52. The molecule has 0 unspecified atom stereocenters. The first kappa shape index (κ1) is 16.5. The highest BCUT2D eigenvalue weighted by molar-refractivity contribution is 5.92. The third-order valence-corrected chi connectivity index (χ3v) is 4.67. The van der Waals surface area contributed by atoms with Crippen molar-refractivity contribution in [2.75, 3.05) is 20.2 Å². The van der Waals surface area contributed by atoms with Gasteiger partial charge in [0.05, 0.1) is 7.11 Å². The van der Waals surface area contributed by atoms with Crippen LogP contribution in [0.4, 0.5) is 0 Å². The molecule has 24 heavy (non-hydrogen) atoms. The fourth-order valence-electron chi connectivity index (χ4n) is 3.34. The van der Waals surface area contributed by atoms with E-state index in [-0.39, 0.29) is 5.91 Å². The van der Waals surface area contributed by atoms with E-state index in [0.29, 0.717) is 11.6 Å². The third kappa shape index (κ3) is 4.13. The summed E-state index contributed by atoms with van der Waals surface area (Å²) in [7, 11) is 1.70. The van der Waals surface area contributed by atoms with Gasteiger partial charge in [0.2, 0.25) is 0 Å². The predicted octanol–water partition coefficient (Wildman–Crippen LogP) is 3.58. The first-order chi connectivity index (χ1) is 11.8. The second kappa shape index (κ2) is 7.95. The van der Waals surface area contributed by atoms with Gasteiger partial charge < -0.3 is 9.64 Å². The number of amides is 1. The van der Waals surface area contributed by atoms with Crippen LogP contribution >= 0.6 is 0 Å². The van der Waals surface area contributed by atoms with Crippen LogP contribution in [0, 0.1) is 5.92 Å². The van der Waals surface area contributed by atoms with Crippen molar-refractivity contribution in [2.24, 2.45) is 5.92 Å². The average Bonchev–Trinajstić information content (AvgIpc) is 2.67. The Morgan fingerprint density at radius 2 is 2.21 bits per heavy atom. The molecule has 1 aromatic carbocycles. The Hall–Kier alpha value is -2.36. The van der Waals surface area contributed by atoms with Crippen LogP contribution in [0.15, 0.2) is 48.7 Å². The zero-order valence-electron chi connectivity index (χ0n) is 14.1. The van der Waals surface area contributed by atoms with Gasteiger partial charge in [0, 0.05) is 19.3 Å². The van der Waals surface area contributed by atoms with E-state index in [4.69, 9.17) is 4.74 Å². The summed E-state index contributed by atoms with van der Waals surface area (Å²) in [6, 6.07) is 13.7. The number of aryl methyl sites for hydroxylation is 1. The monoisotopic (exact) mass is 324 g/mol. The summed E-state index contributed by atoms with van der Waals surface area (Å²) < 4.78 is 5.28. The number of nitrogens with zero attached hydrogens (tertiary/aromatic N) is 2. The molecule has 0 saturated carbocycles. The molecule has 4 nitrogen and oxygen atoms in total. The van der Waals surface area contributed by atoms with Crippen molar-refractivity contribution in [3.05, 3.63) is 59.9 Å². The van der Waals surface area contributed by atoms with E-state index >= 15 is 0 Å². The van der Waals surface area contributed by atoms with Crippen molar-refractivity contribution in [1.82, 2.24) is 9.88 Å². The van der Waals surface area contributed by atoms with Crippen LogP contribution in [0.1, 0.15) is 35.3 Å². The van der Waals surface area contributed by atoms with E-state index in [1.807, 2.05) is 29.2 Å². The third-order valence-electron chi connectivity index (χ3n) is 4.67. The Labute approximate surface area is 143 Å². The molecule has 126 valence electrons. The number of hydrogen-bond donors (Lipinski definition) is 0. The van der Waals surface area contributed by atoms with Crippen molar-refractivity contribution < 1.29 is 9.53 Å². The van der Waals surface area contributed by atoms with Crippen LogP contribution < -0.4 is 4.74 Å². The van der Waals surface area contributed by atoms with Crippen molar-refractivity contribution in [2.45, 2.75) is 25.7 Å². The van der Waals surface area contributed by atoms with E-state index in [1.165, 1.54) is 12.0 Å². The minimum atomic E-state index is 0.0571. The van der Waals surface area contributed by atoms with Crippen LogP contribution in [0.3, 0.4) is 0 Å². The summed E-state index contributed by atoms with van der Waals surface area (Å²) in [6.07, 6.45) is 6.06. The van der Waals surface area contributed by atoms with Crippen LogP contribution in [0.2, 0.25) is 0 Å². The molecule has 0 N–H and O–H groups in total. The molecule has 1 aliphatic heterocycles. The molecule has 1 amide bonds. The Bertz CT molecular complexity index is 672. The lowest BCUT2D eigenvalue weighted by atomic mass is 9.91. The number of ether oxygens (including phenoxy) is 1. The van der Waals surface area contributed by atoms with Gasteiger partial charge in [0.1, 0.15) is 11.4 Å². The van der Waals surface area contributed by atoms with Gasteiger partial charge in [-0.2, -0.15) is 0 Å². The van der Waals surface area contributed by atoms with Crippen LogP contribution in [0.25, 0.3) is 0 Å². The lowest BCUT2D eigenvalue weighted by molar-refractivity contribution is 0.0662. The minimum absolute atomic E-state index is 0.0571. The Morgan fingerprint density at radius 3 is 3.00 bits per heavy atom. The topological polar surface area (TPSA) is 42.4 Å². The standard InChI is InChI=1S/C20H24N2O2/c1-24-18-8-4-6-16(14-18)10-11-17-7-5-13-22(15-17)20(23)19-9-2-3-12-21-19/h2-4,6,8-9,12,14,17H,5,7,10-11,13,15H2,1H3/t17-/m1/s1. The molecule has 1 fully saturated rings. The van der Waals surface area contributed by atoms with Crippen LogP contribution in [0.5, 0.6) is 5.75 Å². The van der Waals surface area contributed by atoms with E-state index in [9.17, 15) is 4.79 Å².